The number of rotatable bonds is 8. The van der Waals surface area contributed by atoms with Gasteiger partial charge in [0.15, 0.2) is 0 Å². The summed E-state index contributed by atoms with van der Waals surface area (Å²) in [5.74, 6) is 2.48. The Morgan fingerprint density at radius 3 is 0.972 bits per heavy atom. The van der Waals surface area contributed by atoms with Gasteiger partial charge in [-0.05, 0) is 67.4 Å². The zero-order valence-corrected chi connectivity index (χ0v) is 41.4. The van der Waals surface area contributed by atoms with E-state index in [1.54, 1.807) is 6.07 Å². The summed E-state index contributed by atoms with van der Waals surface area (Å²) in [6.45, 7) is 18.0. The van der Waals surface area contributed by atoms with Crippen LogP contribution in [0.2, 0.25) is 0 Å². The van der Waals surface area contributed by atoms with Crippen molar-refractivity contribution in [3.8, 4) is 6.07 Å². The summed E-state index contributed by atoms with van der Waals surface area (Å²) in [6, 6.07) is 48.1. The zero-order chi connectivity index (χ0) is 52.6. The van der Waals surface area contributed by atoms with Gasteiger partial charge in [-0.25, -0.2) is 23.3 Å². The van der Waals surface area contributed by atoms with E-state index in [9.17, 15) is 50.4 Å². The predicted molar refractivity (Wildman–Crippen MR) is 260 cm³/mol. The van der Waals surface area contributed by atoms with Gasteiger partial charge in [-0.3, -0.25) is 0 Å². The van der Waals surface area contributed by atoms with E-state index in [4.69, 9.17) is 10.2 Å². The first kappa shape index (κ1) is 53.8. The molecule has 0 aliphatic rings. The molecule has 0 bridgehead atoms. The number of aromatic nitrogens is 5. The maximum absolute atomic E-state index is 10.7. The van der Waals surface area contributed by atoms with Crippen LogP contribution in [0, 0.1) is 52.9 Å². The molecular formula is C51H50F12N6P2. The van der Waals surface area contributed by atoms with Gasteiger partial charge in [-0.1, -0.05) is 103 Å². The van der Waals surface area contributed by atoms with Crippen molar-refractivity contribution in [3.63, 3.8) is 0 Å². The second-order valence-corrected chi connectivity index (χ2v) is 21.0. The van der Waals surface area contributed by atoms with Crippen molar-refractivity contribution in [2.75, 3.05) is 0 Å². The Bertz CT molecular complexity index is 3170. The van der Waals surface area contributed by atoms with Crippen molar-refractivity contribution in [1.82, 2.24) is 14.1 Å². The van der Waals surface area contributed by atoms with Crippen molar-refractivity contribution >= 4 is 58.7 Å². The molecule has 378 valence electrons. The van der Waals surface area contributed by atoms with Crippen LogP contribution in [0.4, 0.5) is 50.4 Å². The summed E-state index contributed by atoms with van der Waals surface area (Å²) in [5, 5.41) is 17.7. The molecule has 9 aromatic rings. The van der Waals surface area contributed by atoms with Gasteiger partial charge in [0.1, 0.15) is 49.0 Å². The van der Waals surface area contributed by atoms with Crippen LogP contribution in [-0.2, 0) is 26.2 Å². The van der Waals surface area contributed by atoms with Gasteiger partial charge in [0.2, 0.25) is 0 Å². The molecule has 0 atom stereocenters. The Kier molecular flexibility index (Phi) is 13.8. The number of nitrogens with zero attached hydrogens (tertiary/aromatic N) is 6. The fraction of sp³-hybridized carbons (Fsp3) is 0.216. The van der Waals surface area contributed by atoms with Gasteiger partial charge in [0.25, 0.3) is 11.6 Å². The molecule has 0 fully saturated rings. The maximum atomic E-state index is 9.87. The van der Waals surface area contributed by atoms with Crippen LogP contribution in [0.25, 0.3) is 43.1 Å². The fourth-order valence-electron chi connectivity index (χ4n) is 8.88. The van der Waals surface area contributed by atoms with Crippen LogP contribution in [0.5, 0.6) is 0 Å². The van der Waals surface area contributed by atoms with Crippen molar-refractivity contribution in [2.45, 2.75) is 74.6 Å². The number of hydrogen-bond acceptors (Lipinski definition) is 2. The van der Waals surface area contributed by atoms with Crippen molar-refractivity contribution in [3.05, 3.63) is 184 Å². The first-order valence-electron chi connectivity index (χ1n) is 21.9. The zero-order valence-electron chi connectivity index (χ0n) is 39.6. The van der Waals surface area contributed by atoms with E-state index in [1.165, 1.54) is 95.6 Å². The van der Waals surface area contributed by atoms with Crippen LogP contribution in [0.3, 0.4) is 0 Å². The molecule has 0 saturated heterocycles. The monoisotopic (exact) mass is 1040 g/mol. The fourth-order valence-corrected chi connectivity index (χ4v) is 8.88. The Hall–Kier alpha value is -6.56. The summed E-state index contributed by atoms with van der Waals surface area (Å²) >= 11 is 0. The quantitative estimate of drug-likeness (QED) is 0.0659. The van der Waals surface area contributed by atoms with Gasteiger partial charge in [-0.15, -0.1) is 0 Å². The molecule has 0 unspecified atom stereocenters. The summed E-state index contributed by atoms with van der Waals surface area (Å²) in [5.41, 5.74) is 10.0. The molecule has 6 nitrogen and oxygen atoms in total. The van der Waals surface area contributed by atoms with E-state index in [-0.39, 0.29) is 0 Å². The van der Waals surface area contributed by atoms with E-state index in [1.807, 2.05) is 0 Å². The molecule has 0 radical (unpaired) electrons. The average molecular weight is 1040 g/mol. The molecule has 0 spiro atoms. The number of nitriles is 1. The minimum atomic E-state index is -10.7. The van der Waals surface area contributed by atoms with E-state index in [2.05, 4.69) is 187 Å². The second-order valence-electron chi connectivity index (χ2n) is 17.1. The Labute approximate surface area is 401 Å². The normalized spacial score (nSPS) is 13.7. The van der Waals surface area contributed by atoms with Crippen molar-refractivity contribution in [1.29, 1.82) is 5.26 Å². The Morgan fingerprint density at radius 1 is 0.451 bits per heavy atom. The number of benzene rings is 6. The van der Waals surface area contributed by atoms with Crippen LogP contribution in [0.1, 0.15) is 63.9 Å². The molecule has 71 heavy (non-hydrogen) atoms. The number of pyridine rings is 1. The van der Waals surface area contributed by atoms with Gasteiger partial charge < -0.3 is 0 Å². The standard InChI is InChI=1S/C49H47N5.C2H3N.2F6P/c1-32-34(3)53(30-48-44-22-11-7-16-38(44)26-39-17-8-12-23-45(39)48)36(5)51(32)28-42-20-15-21-43(50-42)29-52-33(2)35(4)54(37(52)6)31-49-46-24-13-9-18-40(46)27-41-19-10-14-25-47(41)49;1-2-3;2*1-7(2,3,4,5)6/h7-27H,28-31H2,1-6H3;1H3;;/q+2;;2*-1. The molecule has 9 rings (SSSR count). The van der Waals surface area contributed by atoms with E-state index >= 15 is 0 Å². The van der Waals surface area contributed by atoms with Gasteiger partial charge >= 0.3 is 66.0 Å². The summed E-state index contributed by atoms with van der Waals surface area (Å²) in [4.78, 5) is 5.28. The molecule has 0 aliphatic heterocycles. The van der Waals surface area contributed by atoms with Crippen LogP contribution >= 0.6 is 15.6 Å². The number of imidazole rings is 2. The van der Waals surface area contributed by atoms with Crippen molar-refractivity contribution < 1.29 is 59.5 Å². The van der Waals surface area contributed by atoms with E-state index in [0.717, 1.165) is 37.6 Å². The van der Waals surface area contributed by atoms with Crippen LogP contribution in [-0.4, -0.2) is 14.1 Å². The number of hydrogen-bond donors (Lipinski definition) is 0. The SMILES string of the molecule is CC#N.Cc1c(C)[n+](Cc2c3ccccc3cc3ccccc23)c(C)n1Cc1cccc(Cn2c(C)c(C)[n+](Cc3c4ccccc4cc4ccccc34)c2C)n1.F[P-](F)(F)(F)(F)F.F[P-](F)(F)(F)(F)F. The van der Waals surface area contributed by atoms with Crippen LogP contribution < -0.4 is 9.13 Å². The minimum absolute atomic E-state index is 0.729. The molecule has 6 aromatic carbocycles. The average Bonchev–Trinajstić information content (AvgIpc) is 3.58. The molecule has 0 amide bonds. The number of halogens is 12. The molecule has 3 heterocycles. The summed E-state index contributed by atoms with van der Waals surface area (Å²) in [6.07, 6.45) is 0. The Morgan fingerprint density at radius 2 is 0.704 bits per heavy atom. The molecular weight excluding hydrogens is 987 g/mol. The van der Waals surface area contributed by atoms with Crippen molar-refractivity contribution in [2.24, 2.45) is 0 Å². The van der Waals surface area contributed by atoms with Gasteiger partial charge in [-0.2, -0.15) is 5.26 Å². The predicted octanol–water partition coefficient (Wildman–Crippen LogP) is 17.2. The number of fused-ring (bicyclic) bond motifs is 4. The summed E-state index contributed by atoms with van der Waals surface area (Å²) in [7, 11) is -21.3. The molecule has 20 heteroatoms. The van der Waals surface area contributed by atoms with Gasteiger partial charge in [0, 0.05) is 59.6 Å². The van der Waals surface area contributed by atoms with Crippen LogP contribution in [0.15, 0.2) is 127 Å². The van der Waals surface area contributed by atoms with Gasteiger partial charge in [0.05, 0.1) is 17.5 Å². The summed E-state index contributed by atoms with van der Waals surface area (Å²) < 4.78 is 128. The van der Waals surface area contributed by atoms with E-state index in [0.29, 0.717) is 0 Å². The third-order valence-electron chi connectivity index (χ3n) is 12.1. The second kappa shape index (κ2) is 18.2. The molecule has 0 aliphatic carbocycles. The molecule has 0 saturated carbocycles. The third-order valence-corrected chi connectivity index (χ3v) is 12.1. The Balaban J connectivity index is 0.000000420. The third kappa shape index (κ3) is 14.7. The van der Waals surface area contributed by atoms with E-state index < -0.39 is 15.6 Å². The molecule has 3 aromatic heterocycles. The first-order chi connectivity index (χ1) is 32.6. The topological polar surface area (TPSA) is 54.3 Å². The molecule has 0 N–H and O–H groups in total. The first-order valence-corrected chi connectivity index (χ1v) is 25.9.